The van der Waals surface area contributed by atoms with Crippen LogP contribution in [-0.4, -0.2) is 28.1 Å². The third-order valence-corrected chi connectivity index (χ3v) is 4.54. The van der Waals surface area contributed by atoms with Gasteiger partial charge < -0.3 is 9.57 Å². The Labute approximate surface area is 164 Å². The summed E-state index contributed by atoms with van der Waals surface area (Å²) in [5.74, 6) is -0.611. The van der Waals surface area contributed by atoms with E-state index in [0.717, 1.165) is 10.7 Å². The number of nitrogens with zero attached hydrogens (tertiary/aromatic N) is 4. The van der Waals surface area contributed by atoms with Crippen LogP contribution in [0.5, 0.6) is 0 Å². The summed E-state index contributed by atoms with van der Waals surface area (Å²) in [7, 11) is 1.40. The van der Waals surface area contributed by atoms with Gasteiger partial charge in [-0.3, -0.25) is 4.68 Å². The maximum atomic E-state index is 13.0. The molecule has 1 aliphatic heterocycles. The van der Waals surface area contributed by atoms with Crippen LogP contribution in [-0.2, 0) is 28.4 Å². The molecule has 2 aromatic rings. The highest BCUT2D eigenvalue weighted by molar-refractivity contribution is 6.03. The highest BCUT2D eigenvalue weighted by atomic mass is 19.4. The van der Waals surface area contributed by atoms with Crippen LogP contribution >= 0.6 is 0 Å². The second-order valence-corrected chi connectivity index (χ2v) is 6.67. The summed E-state index contributed by atoms with van der Waals surface area (Å²) in [6.45, 7) is 3.44. The monoisotopic (exact) mass is 406 g/mol. The molecule has 0 saturated carbocycles. The number of aryl methyl sites for hydroxylation is 1. The maximum absolute atomic E-state index is 13.0. The smallest absolute Gasteiger partial charge is 0.435 e. The predicted octanol–water partition coefficient (Wildman–Crippen LogP) is 3.53. The minimum absolute atomic E-state index is 0.108. The number of alkyl halides is 3. The number of esters is 1. The van der Waals surface area contributed by atoms with Gasteiger partial charge in [-0.1, -0.05) is 11.2 Å². The van der Waals surface area contributed by atoms with Crippen LogP contribution < -0.4 is 0 Å². The van der Waals surface area contributed by atoms with E-state index in [0.29, 0.717) is 11.3 Å². The molecule has 1 aromatic heterocycles. The summed E-state index contributed by atoms with van der Waals surface area (Å²) >= 11 is 0. The van der Waals surface area contributed by atoms with Crippen LogP contribution in [0.1, 0.15) is 53.1 Å². The van der Waals surface area contributed by atoms with Gasteiger partial charge >= 0.3 is 12.1 Å². The third-order valence-electron chi connectivity index (χ3n) is 4.54. The van der Waals surface area contributed by atoms with E-state index < -0.39 is 23.4 Å². The molecule has 3 rings (SSSR count). The van der Waals surface area contributed by atoms with Crippen LogP contribution in [0.3, 0.4) is 0 Å². The lowest BCUT2D eigenvalue weighted by Crippen LogP contribution is -2.25. The van der Waals surface area contributed by atoms with Gasteiger partial charge in [0, 0.05) is 19.0 Å². The average Bonchev–Trinajstić information content (AvgIpc) is 3.25. The standard InChI is InChI=1S/C19H17F3N4O3/c1-4-28-17(27)13-6-5-11(7-12(13)10-23)14-9-18(2,29-25-14)16-8-15(19(20,21)22)24-26(16)3/h5-8H,4,9H2,1-3H3. The Morgan fingerprint density at radius 1 is 1.41 bits per heavy atom. The number of carbonyl (C=O) groups excluding carboxylic acids is 1. The highest BCUT2D eigenvalue weighted by Gasteiger charge is 2.43. The quantitative estimate of drug-likeness (QED) is 0.725. The molecule has 0 radical (unpaired) electrons. The molecule has 0 bridgehead atoms. The Hall–Kier alpha value is -3.35. The van der Waals surface area contributed by atoms with Crippen molar-refractivity contribution in [1.29, 1.82) is 5.26 Å². The average molecular weight is 406 g/mol. The van der Waals surface area contributed by atoms with Gasteiger partial charge in [0.05, 0.1) is 29.1 Å². The zero-order valence-electron chi connectivity index (χ0n) is 15.9. The Bertz CT molecular complexity index is 1040. The Morgan fingerprint density at radius 2 is 2.14 bits per heavy atom. The van der Waals surface area contributed by atoms with Crippen LogP contribution in [0.2, 0.25) is 0 Å². The predicted molar refractivity (Wildman–Crippen MR) is 94.9 cm³/mol. The summed E-state index contributed by atoms with van der Waals surface area (Å²) in [5, 5.41) is 16.9. The zero-order valence-corrected chi connectivity index (χ0v) is 15.9. The second-order valence-electron chi connectivity index (χ2n) is 6.67. The molecule has 1 aliphatic rings. The Kier molecular flexibility index (Phi) is 5.09. The molecule has 29 heavy (non-hydrogen) atoms. The first-order chi connectivity index (χ1) is 13.6. The van der Waals surface area contributed by atoms with Gasteiger partial charge in [0.25, 0.3) is 0 Å². The van der Waals surface area contributed by atoms with E-state index in [-0.39, 0.29) is 29.8 Å². The van der Waals surface area contributed by atoms with Gasteiger partial charge in [-0.05, 0) is 32.0 Å². The maximum Gasteiger partial charge on any atom is 0.435 e. The van der Waals surface area contributed by atoms with Gasteiger partial charge in [-0.15, -0.1) is 0 Å². The van der Waals surface area contributed by atoms with Crippen LogP contribution in [0.15, 0.2) is 29.4 Å². The van der Waals surface area contributed by atoms with E-state index in [1.54, 1.807) is 19.9 Å². The molecule has 1 atom stereocenters. The summed E-state index contributed by atoms with van der Waals surface area (Å²) in [5.41, 5.74) is -0.761. The van der Waals surface area contributed by atoms with Crippen LogP contribution in [0.25, 0.3) is 0 Å². The molecule has 1 aromatic carbocycles. The van der Waals surface area contributed by atoms with E-state index in [9.17, 15) is 23.2 Å². The lowest BCUT2D eigenvalue weighted by atomic mass is 9.91. The lowest BCUT2D eigenvalue weighted by Gasteiger charge is -2.21. The van der Waals surface area contributed by atoms with Gasteiger partial charge in [-0.25, -0.2) is 4.79 Å². The van der Waals surface area contributed by atoms with Crippen LogP contribution in [0, 0.1) is 11.3 Å². The number of hydrogen-bond donors (Lipinski definition) is 0. The fourth-order valence-electron chi connectivity index (χ4n) is 3.14. The Morgan fingerprint density at radius 3 is 2.72 bits per heavy atom. The molecule has 0 aliphatic carbocycles. The number of carbonyl (C=O) groups is 1. The van der Waals surface area contributed by atoms with Crippen molar-refractivity contribution in [3.63, 3.8) is 0 Å². The number of nitriles is 1. The van der Waals surface area contributed by atoms with Crippen molar-refractivity contribution >= 4 is 11.7 Å². The fraction of sp³-hybridized carbons (Fsp3) is 0.368. The second kappa shape index (κ2) is 7.24. The summed E-state index contributed by atoms with van der Waals surface area (Å²) in [6.07, 6.45) is -4.41. The molecule has 7 nitrogen and oxygen atoms in total. The largest absolute Gasteiger partial charge is 0.462 e. The summed E-state index contributed by atoms with van der Waals surface area (Å²) < 4.78 is 44.9. The summed E-state index contributed by atoms with van der Waals surface area (Å²) in [6, 6.07) is 7.40. The normalized spacial score (nSPS) is 18.7. The van der Waals surface area contributed by atoms with Crippen LogP contribution in [0.4, 0.5) is 13.2 Å². The molecule has 1 unspecified atom stereocenters. The Balaban J connectivity index is 1.88. The van der Waals surface area contributed by atoms with Crippen molar-refractivity contribution in [2.75, 3.05) is 6.61 Å². The van der Waals surface area contributed by atoms with Crippen molar-refractivity contribution in [1.82, 2.24) is 9.78 Å². The molecule has 0 spiro atoms. The van der Waals surface area contributed by atoms with Crippen molar-refractivity contribution in [2.45, 2.75) is 32.0 Å². The van der Waals surface area contributed by atoms with Crippen molar-refractivity contribution in [3.05, 3.63) is 52.3 Å². The highest BCUT2D eigenvalue weighted by Crippen LogP contribution is 2.38. The van der Waals surface area contributed by atoms with E-state index >= 15 is 0 Å². The van der Waals surface area contributed by atoms with E-state index in [1.165, 1.54) is 19.2 Å². The van der Waals surface area contributed by atoms with E-state index in [2.05, 4.69) is 10.3 Å². The molecule has 0 fully saturated rings. The minimum Gasteiger partial charge on any atom is -0.462 e. The molecule has 10 heteroatoms. The molecule has 2 heterocycles. The van der Waals surface area contributed by atoms with Crippen molar-refractivity contribution in [2.24, 2.45) is 12.2 Å². The number of benzene rings is 1. The number of hydrogen-bond acceptors (Lipinski definition) is 6. The third kappa shape index (κ3) is 3.81. The summed E-state index contributed by atoms with van der Waals surface area (Å²) in [4.78, 5) is 17.4. The number of oxime groups is 1. The topological polar surface area (TPSA) is 89.5 Å². The number of ether oxygens (including phenoxy) is 1. The minimum atomic E-state index is -4.57. The number of aromatic nitrogens is 2. The first-order valence-electron chi connectivity index (χ1n) is 8.67. The molecule has 152 valence electrons. The number of halogens is 3. The van der Waals surface area contributed by atoms with E-state index in [4.69, 9.17) is 9.57 Å². The van der Waals surface area contributed by atoms with Gasteiger partial charge in [0.1, 0.15) is 6.07 Å². The van der Waals surface area contributed by atoms with E-state index in [1.807, 2.05) is 6.07 Å². The first-order valence-corrected chi connectivity index (χ1v) is 8.67. The molecular weight excluding hydrogens is 389 g/mol. The molecule has 0 saturated heterocycles. The van der Waals surface area contributed by atoms with Gasteiger partial charge in [0.15, 0.2) is 11.3 Å². The molecule has 0 N–H and O–H groups in total. The van der Waals surface area contributed by atoms with Gasteiger partial charge in [-0.2, -0.15) is 23.5 Å². The zero-order chi connectivity index (χ0) is 21.4. The van der Waals surface area contributed by atoms with Crippen molar-refractivity contribution in [3.8, 4) is 6.07 Å². The van der Waals surface area contributed by atoms with Gasteiger partial charge in [0.2, 0.25) is 0 Å². The fourth-order valence-corrected chi connectivity index (χ4v) is 3.14. The number of rotatable bonds is 4. The lowest BCUT2D eigenvalue weighted by molar-refractivity contribution is -0.141. The van der Waals surface area contributed by atoms with Crippen molar-refractivity contribution < 1.29 is 27.5 Å². The molecular formula is C19H17F3N4O3. The first kappa shape index (κ1) is 20.4. The molecule has 0 amide bonds. The SMILES string of the molecule is CCOC(=O)c1ccc(C2=NOC(C)(c3cc(C(F)(F)F)nn3C)C2)cc1C#N.